The zero-order valence-electron chi connectivity index (χ0n) is 10.3. The van der Waals surface area contributed by atoms with E-state index in [2.05, 4.69) is 15.9 Å². The van der Waals surface area contributed by atoms with Gasteiger partial charge in [0, 0.05) is 5.33 Å². The van der Waals surface area contributed by atoms with Gasteiger partial charge in [-0.3, -0.25) is 0 Å². The Labute approximate surface area is 114 Å². The Morgan fingerprint density at radius 3 is 2.44 bits per heavy atom. The fraction of sp³-hybridized carbons (Fsp3) is 0.308. The van der Waals surface area contributed by atoms with Crippen molar-refractivity contribution < 1.29 is 19.4 Å². The molecule has 0 aromatic heterocycles. The van der Waals surface area contributed by atoms with Crippen LogP contribution < -0.4 is 9.47 Å². The summed E-state index contributed by atoms with van der Waals surface area (Å²) < 4.78 is 10.2. The number of carbonyl (C=O) groups is 1. The van der Waals surface area contributed by atoms with Gasteiger partial charge in [0.2, 0.25) is 0 Å². The maximum Gasteiger partial charge on any atom is 0.336 e. The largest absolute Gasteiger partial charge is 0.493 e. The average molecular weight is 315 g/mol. The molecule has 5 heteroatoms. The molecule has 0 saturated heterocycles. The Hall–Kier alpha value is -1.49. The summed E-state index contributed by atoms with van der Waals surface area (Å²) in [5.74, 6) is -0.0667. The quantitative estimate of drug-likeness (QED) is 0.819. The molecule has 0 amide bonds. The van der Waals surface area contributed by atoms with E-state index in [0.29, 0.717) is 17.1 Å². The highest BCUT2D eigenvalue weighted by molar-refractivity contribution is 9.09. The van der Waals surface area contributed by atoms with Gasteiger partial charge in [-0.05, 0) is 24.1 Å². The predicted molar refractivity (Wildman–Crippen MR) is 74.0 cm³/mol. The number of hydrogen-bond acceptors (Lipinski definition) is 3. The molecule has 0 spiro atoms. The van der Waals surface area contributed by atoms with E-state index < -0.39 is 5.97 Å². The second-order valence-corrected chi connectivity index (χ2v) is 4.27. The first-order valence-electron chi connectivity index (χ1n) is 5.35. The molecule has 0 saturated carbocycles. The molecule has 0 heterocycles. The van der Waals surface area contributed by atoms with Crippen LogP contribution in [0.3, 0.4) is 0 Å². The topological polar surface area (TPSA) is 55.8 Å². The van der Waals surface area contributed by atoms with Gasteiger partial charge in [0.1, 0.15) is 0 Å². The van der Waals surface area contributed by atoms with Crippen LogP contribution in [0.5, 0.6) is 11.5 Å². The lowest BCUT2D eigenvalue weighted by Gasteiger charge is -2.10. The molecule has 0 unspecified atom stereocenters. The van der Waals surface area contributed by atoms with E-state index in [1.54, 1.807) is 12.1 Å². The Balaban J connectivity index is 3.24. The number of ether oxygens (including phenoxy) is 2. The molecule has 4 nitrogen and oxygen atoms in total. The van der Waals surface area contributed by atoms with Gasteiger partial charge in [0.25, 0.3) is 0 Å². The summed E-state index contributed by atoms with van der Waals surface area (Å²) in [5.41, 5.74) is 0.791. The summed E-state index contributed by atoms with van der Waals surface area (Å²) in [6.45, 7) is 0. The molecule has 0 aliphatic carbocycles. The van der Waals surface area contributed by atoms with Crippen LogP contribution >= 0.6 is 15.9 Å². The van der Waals surface area contributed by atoms with E-state index in [-0.39, 0.29) is 5.56 Å². The zero-order chi connectivity index (χ0) is 13.5. The van der Waals surface area contributed by atoms with Crippen molar-refractivity contribution in [3.05, 3.63) is 29.3 Å². The van der Waals surface area contributed by atoms with Crippen LogP contribution in [-0.4, -0.2) is 30.6 Å². The monoisotopic (exact) mass is 314 g/mol. The van der Waals surface area contributed by atoms with Crippen LogP contribution in [0.1, 0.15) is 22.3 Å². The van der Waals surface area contributed by atoms with Crippen LogP contribution in [0.25, 0.3) is 6.08 Å². The molecule has 1 aromatic rings. The summed E-state index contributed by atoms with van der Waals surface area (Å²) in [6, 6.07) is 3.13. The first-order chi connectivity index (χ1) is 8.63. The molecule has 0 bridgehead atoms. The maximum absolute atomic E-state index is 11.2. The zero-order valence-corrected chi connectivity index (χ0v) is 11.9. The molecule has 0 aliphatic rings. The third kappa shape index (κ3) is 3.50. The van der Waals surface area contributed by atoms with Gasteiger partial charge in [-0.1, -0.05) is 28.1 Å². The number of carboxylic acids is 1. The average Bonchev–Trinajstić information content (AvgIpc) is 2.38. The third-order valence-electron chi connectivity index (χ3n) is 2.36. The first kappa shape index (κ1) is 14.6. The van der Waals surface area contributed by atoms with Gasteiger partial charge in [-0.2, -0.15) is 0 Å². The van der Waals surface area contributed by atoms with Crippen molar-refractivity contribution in [1.29, 1.82) is 0 Å². The highest BCUT2D eigenvalue weighted by Crippen LogP contribution is 2.31. The molecule has 0 fully saturated rings. The van der Waals surface area contributed by atoms with E-state index in [1.807, 2.05) is 6.08 Å². The molecule has 0 radical (unpaired) electrons. The number of carboxylic acid groups (broad SMARTS) is 1. The number of hydrogen-bond donors (Lipinski definition) is 1. The highest BCUT2D eigenvalue weighted by Gasteiger charge is 2.14. The minimum absolute atomic E-state index is 0.193. The minimum Gasteiger partial charge on any atom is -0.493 e. The number of benzene rings is 1. The van der Waals surface area contributed by atoms with Crippen molar-refractivity contribution in [2.75, 3.05) is 19.5 Å². The number of rotatable bonds is 6. The Bertz CT molecular complexity index is 455. The van der Waals surface area contributed by atoms with Gasteiger partial charge in [-0.15, -0.1) is 0 Å². The molecular weight excluding hydrogens is 300 g/mol. The van der Waals surface area contributed by atoms with Crippen LogP contribution in [0.15, 0.2) is 18.2 Å². The van der Waals surface area contributed by atoms with Gasteiger partial charge in [0.15, 0.2) is 11.5 Å². The Morgan fingerprint density at radius 2 is 1.94 bits per heavy atom. The summed E-state index contributed by atoms with van der Waals surface area (Å²) in [6.07, 6.45) is 4.50. The molecule has 98 valence electrons. The van der Waals surface area contributed by atoms with Crippen molar-refractivity contribution in [3.63, 3.8) is 0 Å². The predicted octanol–water partition coefficient (Wildman–Crippen LogP) is 3.20. The van der Waals surface area contributed by atoms with Gasteiger partial charge >= 0.3 is 5.97 Å². The number of methoxy groups -OCH3 is 2. The van der Waals surface area contributed by atoms with Crippen molar-refractivity contribution >= 4 is 28.0 Å². The van der Waals surface area contributed by atoms with Crippen LogP contribution in [-0.2, 0) is 0 Å². The minimum atomic E-state index is -0.991. The van der Waals surface area contributed by atoms with Gasteiger partial charge in [-0.25, -0.2) is 4.79 Å². The van der Waals surface area contributed by atoms with E-state index in [4.69, 9.17) is 14.6 Å². The Kier molecular flexibility index (Phi) is 5.71. The lowest BCUT2D eigenvalue weighted by molar-refractivity contribution is 0.0696. The maximum atomic E-state index is 11.2. The van der Waals surface area contributed by atoms with Crippen molar-refractivity contribution in [1.82, 2.24) is 0 Å². The van der Waals surface area contributed by atoms with Crippen LogP contribution in [0.4, 0.5) is 0 Å². The third-order valence-corrected chi connectivity index (χ3v) is 2.82. The lowest BCUT2D eigenvalue weighted by Crippen LogP contribution is -2.02. The fourth-order valence-electron chi connectivity index (χ4n) is 1.49. The summed E-state index contributed by atoms with van der Waals surface area (Å²) in [7, 11) is 2.99. The molecular formula is C13H15BrO4. The standard InChI is InChI=1S/C13H15BrO4/c1-17-11-7-9(5-3-4-6-14)10(13(15)16)8-12(11)18-2/h3,5,7-8H,4,6H2,1-2H3,(H,15,16). The summed E-state index contributed by atoms with van der Waals surface area (Å²) in [4.78, 5) is 11.2. The number of alkyl halides is 1. The molecule has 18 heavy (non-hydrogen) atoms. The fourth-order valence-corrected chi connectivity index (χ4v) is 1.76. The van der Waals surface area contributed by atoms with Crippen LogP contribution in [0.2, 0.25) is 0 Å². The number of allylic oxidation sites excluding steroid dienone is 1. The van der Waals surface area contributed by atoms with E-state index in [1.165, 1.54) is 20.3 Å². The molecule has 1 N–H and O–H groups in total. The van der Waals surface area contributed by atoms with Crippen molar-refractivity contribution in [2.24, 2.45) is 0 Å². The lowest BCUT2D eigenvalue weighted by atomic mass is 10.1. The second kappa shape index (κ2) is 7.06. The van der Waals surface area contributed by atoms with Crippen molar-refractivity contribution in [3.8, 4) is 11.5 Å². The summed E-state index contributed by atoms with van der Waals surface area (Å²) >= 11 is 3.31. The molecule has 1 rings (SSSR count). The molecule has 1 aromatic carbocycles. The highest BCUT2D eigenvalue weighted by atomic mass is 79.9. The number of aromatic carboxylic acids is 1. The number of halogens is 1. The normalized spacial score (nSPS) is 10.6. The van der Waals surface area contributed by atoms with Crippen LogP contribution in [0, 0.1) is 0 Å². The second-order valence-electron chi connectivity index (χ2n) is 3.48. The molecule has 0 atom stereocenters. The van der Waals surface area contributed by atoms with Gasteiger partial charge in [0.05, 0.1) is 19.8 Å². The SMILES string of the molecule is COc1cc(C=CCCBr)c(C(=O)O)cc1OC. The van der Waals surface area contributed by atoms with E-state index in [9.17, 15) is 4.79 Å². The van der Waals surface area contributed by atoms with Crippen molar-refractivity contribution in [2.45, 2.75) is 6.42 Å². The smallest absolute Gasteiger partial charge is 0.336 e. The van der Waals surface area contributed by atoms with E-state index >= 15 is 0 Å². The van der Waals surface area contributed by atoms with E-state index in [0.717, 1.165) is 11.8 Å². The Morgan fingerprint density at radius 1 is 1.33 bits per heavy atom. The van der Waals surface area contributed by atoms with Gasteiger partial charge < -0.3 is 14.6 Å². The first-order valence-corrected chi connectivity index (χ1v) is 6.48. The summed E-state index contributed by atoms with van der Waals surface area (Å²) in [5, 5.41) is 10.00. The molecule has 0 aliphatic heterocycles.